The lowest BCUT2D eigenvalue weighted by molar-refractivity contribution is 0.467. The number of hydrogen-bond acceptors (Lipinski definition) is 3. The highest BCUT2D eigenvalue weighted by atomic mass is 16.3. The summed E-state index contributed by atoms with van der Waals surface area (Å²) in [5, 5.41) is 9.29. The molecule has 0 saturated carbocycles. The zero-order valence-corrected chi connectivity index (χ0v) is 6.25. The van der Waals surface area contributed by atoms with Gasteiger partial charge >= 0.3 is 0 Å². The zero-order valence-electron chi connectivity index (χ0n) is 6.25. The zero-order chi connectivity index (χ0) is 8.27. The second-order valence-corrected chi connectivity index (χ2v) is 2.37. The van der Waals surface area contributed by atoms with E-state index < -0.39 is 0 Å². The quantitative estimate of drug-likeness (QED) is 0.571. The topological polar surface area (TPSA) is 72.3 Å². The molecule has 60 valence electrons. The smallest absolute Gasteiger partial charge is 0.120 e. The van der Waals surface area contributed by atoms with E-state index in [1.54, 1.807) is 12.1 Å². The lowest BCUT2D eigenvalue weighted by atomic mass is 10.1. The molecule has 0 aliphatic carbocycles. The molecule has 0 aromatic heterocycles. The summed E-state index contributed by atoms with van der Waals surface area (Å²) < 4.78 is 0. The molecule has 0 heterocycles. The Morgan fingerprint density at radius 3 is 2.36 bits per heavy atom. The van der Waals surface area contributed by atoms with Crippen molar-refractivity contribution in [2.24, 2.45) is 11.5 Å². The molecule has 3 nitrogen and oxygen atoms in total. The number of phenolic OH excluding ortho intramolecular Hbond substituents is 1. The highest BCUT2D eigenvalue weighted by Crippen LogP contribution is 2.17. The monoisotopic (exact) mass is 152 g/mol. The highest BCUT2D eigenvalue weighted by Gasteiger charge is 1.98. The van der Waals surface area contributed by atoms with E-state index in [0.29, 0.717) is 13.1 Å². The summed E-state index contributed by atoms with van der Waals surface area (Å²) in [4.78, 5) is 0. The summed E-state index contributed by atoms with van der Waals surface area (Å²) in [6.45, 7) is 0.801. The van der Waals surface area contributed by atoms with Crippen LogP contribution in [0.4, 0.5) is 0 Å². The Hall–Kier alpha value is -1.06. The van der Waals surface area contributed by atoms with Crippen LogP contribution in [-0.2, 0) is 13.1 Å². The number of aromatic hydroxyl groups is 1. The average molecular weight is 152 g/mol. The van der Waals surface area contributed by atoms with Crippen LogP contribution >= 0.6 is 0 Å². The van der Waals surface area contributed by atoms with Crippen LogP contribution in [0.3, 0.4) is 0 Å². The molecule has 0 unspecified atom stereocenters. The molecule has 0 amide bonds. The van der Waals surface area contributed by atoms with Gasteiger partial charge in [0.15, 0.2) is 0 Å². The molecule has 3 heteroatoms. The molecule has 5 N–H and O–H groups in total. The van der Waals surface area contributed by atoms with Gasteiger partial charge in [0, 0.05) is 18.7 Å². The summed E-state index contributed by atoms with van der Waals surface area (Å²) in [6.07, 6.45) is 0. The van der Waals surface area contributed by atoms with Crippen molar-refractivity contribution in [2.45, 2.75) is 13.1 Å². The summed E-state index contributed by atoms with van der Waals surface area (Å²) in [5.74, 6) is 0.232. The molecule has 1 aromatic rings. The van der Waals surface area contributed by atoms with Crippen LogP contribution in [0.2, 0.25) is 0 Å². The summed E-state index contributed by atoms with van der Waals surface area (Å²) in [7, 11) is 0. The predicted molar refractivity (Wildman–Crippen MR) is 43.9 cm³/mol. The van der Waals surface area contributed by atoms with E-state index in [0.717, 1.165) is 11.1 Å². The molecule has 0 atom stereocenters. The first kappa shape index (κ1) is 8.04. The van der Waals surface area contributed by atoms with Gasteiger partial charge in [-0.1, -0.05) is 12.1 Å². The van der Waals surface area contributed by atoms with E-state index in [1.165, 1.54) is 0 Å². The molecule has 0 spiro atoms. The van der Waals surface area contributed by atoms with Crippen LogP contribution in [0.5, 0.6) is 5.75 Å². The first-order chi connectivity index (χ1) is 5.27. The summed E-state index contributed by atoms with van der Waals surface area (Å²) >= 11 is 0. The maximum absolute atomic E-state index is 9.29. The molecule has 11 heavy (non-hydrogen) atoms. The van der Waals surface area contributed by atoms with Crippen LogP contribution < -0.4 is 11.5 Å². The Kier molecular flexibility index (Phi) is 2.46. The van der Waals surface area contributed by atoms with Gasteiger partial charge in [-0.25, -0.2) is 0 Å². The highest BCUT2D eigenvalue weighted by molar-refractivity contribution is 5.36. The van der Waals surface area contributed by atoms with Crippen LogP contribution in [0, 0.1) is 0 Å². The van der Waals surface area contributed by atoms with E-state index in [9.17, 15) is 5.11 Å². The lowest BCUT2D eigenvalue weighted by Gasteiger charge is -2.02. The van der Waals surface area contributed by atoms with Crippen LogP contribution in [0.15, 0.2) is 18.2 Å². The van der Waals surface area contributed by atoms with Crippen molar-refractivity contribution in [2.75, 3.05) is 0 Å². The van der Waals surface area contributed by atoms with E-state index in [4.69, 9.17) is 11.5 Å². The van der Waals surface area contributed by atoms with Crippen molar-refractivity contribution >= 4 is 0 Å². The van der Waals surface area contributed by atoms with Crippen LogP contribution in [-0.4, -0.2) is 5.11 Å². The third-order valence-electron chi connectivity index (χ3n) is 1.61. The fraction of sp³-hybridized carbons (Fsp3) is 0.250. The minimum Gasteiger partial charge on any atom is -0.508 e. The lowest BCUT2D eigenvalue weighted by Crippen LogP contribution is -1.99. The van der Waals surface area contributed by atoms with E-state index in [2.05, 4.69) is 0 Å². The van der Waals surface area contributed by atoms with Gasteiger partial charge in [-0.05, 0) is 11.6 Å². The Morgan fingerprint density at radius 1 is 1.18 bits per heavy atom. The van der Waals surface area contributed by atoms with E-state index >= 15 is 0 Å². The molecule has 0 aliphatic rings. The molecule has 0 aliphatic heterocycles. The van der Waals surface area contributed by atoms with Gasteiger partial charge in [0.1, 0.15) is 5.75 Å². The second kappa shape index (κ2) is 3.37. The van der Waals surface area contributed by atoms with Crippen molar-refractivity contribution in [3.63, 3.8) is 0 Å². The first-order valence-corrected chi connectivity index (χ1v) is 3.49. The largest absolute Gasteiger partial charge is 0.508 e. The normalized spacial score (nSPS) is 10.0. The fourth-order valence-electron chi connectivity index (χ4n) is 0.909. The van der Waals surface area contributed by atoms with Gasteiger partial charge < -0.3 is 16.6 Å². The molecular formula is C8H12N2O. The summed E-state index contributed by atoms with van der Waals surface area (Å²) in [5.41, 5.74) is 12.4. The molecule has 0 bridgehead atoms. The minimum absolute atomic E-state index is 0.232. The summed E-state index contributed by atoms with van der Waals surface area (Å²) in [6, 6.07) is 5.29. The predicted octanol–water partition coefficient (Wildman–Crippen LogP) is 0.310. The van der Waals surface area contributed by atoms with Crippen molar-refractivity contribution in [3.05, 3.63) is 29.3 Å². The van der Waals surface area contributed by atoms with Gasteiger partial charge in [-0.2, -0.15) is 0 Å². The van der Waals surface area contributed by atoms with Crippen molar-refractivity contribution in [3.8, 4) is 5.75 Å². The van der Waals surface area contributed by atoms with Crippen molar-refractivity contribution in [1.29, 1.82) is 0 Å². The third kappa shape index (κ3) is 1.69. The maximum atomic E-state index is 9.29. The Bertz CT molecular complexity index is 248. The molecule has 0 radical (unpaired) electrons. The maximum Gasteiger partial charge on any atom is 0.120 e. The number of hydrogen-bond donors (Lipinski definition) is 3. The van der Waals surface area contributed by atoms with Crippen LogP contribution in [0.25, 0.3) is 0 Å². The molecule has 0 fully saturated rings. The molecule has 1 aromatic carbocycles. The van der Waals surface area contributed by atoms with Crippen molar-refractivity contribution < 1.29 is 5.11 Å². The average Bonchev–Trinajstić information content (AvgIpc) is 2.04. The number of phenols is 1. The molecular weight excluding hydrogens is 140 g/mol. The van der Waals surface area contributed by atoms with E-state index in [-0.39, 0.29) is 5.75 Å². The third-order valence-corrected chi connectivity index (χ3v) is 1.61. The minimum atomic E-state index is 0.232. The SMILES string of the molecule is NCc1ccc(CN)c(O)c1. The van der Waals surface area contributed by atoms with Gasteiger partial charge in [0.2, 0.25) is 0 Å². The second-order valence-electron chi connectivity index (χ2n) is 2.37. The van der Waals surface area contributed by atoms with Crippen LogP contribution in [0.1, 0.15) is 11.1 Å². The number of benzene rings is 1. The van der Waals surface area contributed by atoms with Crippen molar-refractivity contribution in [1.82, 2.24) is 0 Å². The number of nitrogens with two attached hydrogens (primary N) is 2. The Balaban J connectivity index is 2.99. The Labute approximate surface area is 65.6 Å². The van der Waals surface area contributed by atoms with Gasteiger partial charge in [-0.15, -0.1) is 0 Å². The first-order valence-electron chi connectivity index (χ1n) is 3.49. The standard InChI is InChI=1S/C8H12N2O/c9-4-6-1-2-7(5-10)8(11)3-6/h1-3,11H,4-5,9-10H2. The number of rotatable bonds is 2. The Morgan fingerprint density at radius 2 is 1.91 bits per heavy atom. The van der Waals surface area contributed by atoms with E-state index in [1.807, 2.05) is 6.07 Å². The van der Waals surface area contributed by atoms with Gasteiger partial charge in [0.25, 0.3) is 0 Å². The van der Waals surface area contributed by atoms with Gasteiger partial charge in [-0.3, -0.25) is 0 Å². The fourth-order valence-corrected chi connectivity index (χ4v) is 0.909. The molecule has 1 rings (SSSR count). The molecule has 0 saturated heterocycles. The van der Waals surface area contributed by atoms with Gasteiger partial charge in [0.05, 0.1) is 0 Å².